The first-order valence-electron chi connectivity index (χ1n) is 6.59. The highest BCUT2D eigenvalue weighted by Crippen LogP contribution is 2.22. The lowest BCUT2D eigenvalue weighted by Crippen LogP contribution is -2.09. The molecule has 20 heavy (non-hydrogen) atoms. The average Bonchev–Trinajstić information content (AvgIpc) is 2.99. The molecule has 1 N–H and O–H groups in total. The molecule has 0 aliphatic carbocycles. The molecule has 1 atom stereocenters. The van der Waals surface area contributed by atoms with E-state index in [0.717, 1.165) is 34.0 Å². The average molecular weight is 288 g/mol. The number of aryl methyl sites for hydroxylation is 2. The van der Waals surface area contributed by atoms with Gasteiger partial charge in [-0.1, -0.05) is 6.92 Å². The molecule has 6 heteroatoms. The first kappa shape index (κ1) is 13.2. The molecule has 0 saturated carbocycles. The van der Waals surface area contributed by atoms with Crippen LogP contribution >= 0.6 is 11.3 Å². The topological polar surface area (TPSA) is 63.3 Å². The maximum Gasteiger partial charge on any atom is 0.193 e. The molecule has 0 amide bonds. The summed E-state index contributed by atoms with van der Waals surface area (Å²) in [7, 11) is 0. The highest BCUT2D eigenvalue weighted by atomic mass is 32.1. The Labute approximate surface area is 120 Å². The quantitative estimate of drug-likeness (QED) is 0.800. The first-order chi connectivity index (χ1) is 9.67. The lowest BCUT2D eigenvalue weighted by atomic mass is 10.0. The Morgan fingerprint density at radius 2 is 2.25 bits per heavy atom. The Hall–Kier alpha value is -1.79. The largest absolute Gasteiger partial charge is 0.388 e. The van der Waals surface area contributed by atoms with Crippen molar-refractivity contribution < 1.29 is 5.11 Å². The van der Waals surface area contributed by atoms with Gasteiger partial charge in [0.2, 0.25) is 0 Å². The summed E-state index contributed by atoms with van der Waals surface area (Å²) in [6.07, 6.45) is 4.59. The normalized spacial score (nSPS) is 12.9. The number of nitrogens with zero attached hydrogens (tertiary/aromatic N) is 4. The van der Waals surface area contributed by atoms with E-state index in [0.29, 0.717) is 6.42 Å². The van der Waals surface area contributed by atoms with Gasteiger partial charge in [-0.05, 0) is 19.4 Å². The minimum absolute atomic E-state index is 0.493. The van der Waals surface area contributed by atoms with Gasteiger partial charge in [0.05, 0.1) is 23.2 Å². The summed E-state index contributed by atoms with van der Waals surface area (Å²) in [6.45, 7) is 3.90. The Bertz CT molecular complexity index is 705. The zero-order chi connectivity index (χ0) is 14.1. The molecule has 0 spiro atoms. The molecular formula is C14H16N4OS. The molecule has 3 aromatic rings. The number of hydrogen-bond acceptors (Lipinski definition) is 5. The van der Waals surface area contributed by atoms with Gasteiger partial charge in [0.25, 0.3) is 0 Å². The Balaban J connectivity index is 1.87. The lowest BCUT2D eigenvalue weighted by molar-refractivity contribution is 0.175. The van der Waals surface area contributed by atoms with Crippen LogP contribution in [0.5, 0.6) is 0 Å². The van der Waals surface area contributed by atoms with Crippen LogP contribution in [0.2, 0.25) is 0 Å². The van der Waals surface area contributed by atoms with E-state index in [4.69, 9.17) is 0 Å². The Morgan fingerprint density at radius 1 is 1.40 bits per heavy atom. The standard InChI is InChI=1S/C14H16N4OS/c1-3-12-11(6-9(2)16-17-12)13(19)7-10-8-18-4-5-20-14(18)15-10/h4-6,8,13,19H,3,7H2,1-2H3. The van der Waals surface area contributed by atoms with Crippen LogP contribution in [0.3, 0.4) is 0 Å². The second-order valence-corrected chi connectivity index (χ2v) is 5.66. The van der Waals surface area contributed by atoms with Crippen LogP contribution in [0.1, 0.15) is 35.7 Å². The smallest absolute Gasteiger partial charge is 0.193 e. The molecule has 3 heterocycles. The summed E-state index contributed by atoms with van der Waals surface area (Å²) < 4.78 is 1.98. The second kappa shape index (κ2) is 5.30. The Morgan fingerprint density at radius 3 is 3.00 bits per heavy atom. The minimum Gasteiger partial charge on any atom is -0.388 e. The summed E-state index contributed by atoms with van der Waals surface area (Å²) in [5.41, 5.74) is 3.42. The van der Waals surface area contributed by atoms with Crippen molar-refractivity contribution in [1.82, 2.24) is 19.6 Å². The molecule has 0 fully saturated rings. The minimum atomic E-state index is -0.594. The van der Waals surface area contributed by atoms with E-state index in [-0.39, 0.29) is 0 Å². The number of aromatic nitrogens is 4. The number of rotatable bonds is 4. The van der Waals surface area contributed by atoms with E-state index in [1.165, 1.54) is 0 Å². The van der Waals surface area contributed by atoms with Crippen molar-refractivity contribution in [2.45, 2.75) is 32.8 Å². The summed E-state index contributed by atoms with van der Waals surface area (Å²) in [4.78, 5) is 5.45. The number of aliphatic hydroxyl groups excluding tert-OH is 1. The van der Waals surface area contributed by atoms with E-state index in [1.807, 2.05) is 42.1 Å². The van der Waals surface area contributed by atoms with Gasteiger partial charge in [0, 0.05) is 29.8 Å². The third kappa shape index (κ3) is 2.44. The fraction of sp³-hybridized carbons (Fsp3) is 0.357. The predicted octanol–water partition coefficient (Wildman–Crippen LogP) is 2.33. The van der Waals surface area contributed by atoms with Gasteiger partial charge < -0.3 is 5.11 Å². The fourth-order valence-electron chi connectivity index (χ4n) is 2.28. The van der Waals surface area contributed by atoms with Crippen molar-refractivity contribution in [2.75, 3.05) is 0 Å². The number of imidazole rings is 1. The van der Waals surface area contributed by atoms with Crippen molar-refractivity contribution in [3.05, 3.63) is 46.5 Å². The maximum atomic E-state index is 10.5. The van der Waals surface area contributed by atoms with Gasteiger partial charge in [-0.25, -0.2) is 4.98 Å². The molecule has 0 bridgehead atoms. The predicted molar refractivity (Wildman–Crippen MR) is 77.9 cm³/mol. The van der Waals surface area contributed by atoms with Crippen LogP contribution in [-0.4, -0.2) is 24.7 Å². The van der Waals surface area contributed by atoms with Crippen LogP contribution in [0.4, 0.5) is 0 Å². The van der Waals surface area contributed by atoms with Crippen LogP contribution in [-0.2, 0) is 12.8 Å². The number of hydrogen-bond donors (Lipinski definition) is 1. The first-order valence-corrected chi connectivity index (χ1v) is 7.47. The molecule has 5 nitrogen and oxygen atoms in total. The summed E-state index contributed by atoms with van der Waals surface area (Å²) in [5, 5.41) is 20.7. The monoisotopic (exact) mass is 288 g/mol. The van der Waals surface area contributed by atoms with Gasteiger partial charge >= 0.3 is 0 Å². The van der Waals surface area contributed by atoms with E-state index >= 15 is 0 Å². The lowest BCUT2D eigenvalue weighted by Gasteiger charge is -2.13. The molecule has 1 unspecified atom stereocenters. The zero-order valence-electron chi connectivity index (χ0n) is 11.4. The third-order valence-electron chi connectivity index (χ3n) is 3.27. The Kier molecular flexibility index (Phi) is 3.50. The number of fused-ring (bicyclic) bond motifs is 1. The molecule has 3 aromatic heterocycles. The molecule has 0 aromatic carbocycles. The van der Waals surface area contributed by atoms with Crippen LogP contribution in [0.25, 0.3) is 4.96 Å². The van der Waals surface area contributed by atoms with E-state index < -0.39 is 6.10 Å². The van der Waals surface area contributed by atoms with Crippen LogP contribution < -0.4 is 0 Å². The molecule has 0 aliphatic heterocycles. The van der Waals surface area contributed by atoms with Crippen LogP contribution in [0, 0.1) is 6.92 Å². The molecular weight excluding hydrogens is 272 g/mol. The van der Waals surface area contributed by atoms with Crippen molar-refractivity contribution >= 4 is 16.3 Å². The summed E-state index contributed by atoms with van der Waals surface area (Å²) in [5.74, 6) is 0. The van der Waals surface area contributed by atoms with Crippen molar-refractivity contribution in [3.63, 3.8) is 0 Å². The van der Waals surface area contributed by atoms with Crippen LogP contribution in [0.15, 0.2) is 23.8 Å². The summed E-state index contributed by atoms with van der Waals surface area (Å²) >= 11 is 1.59. The maximum absolute atomic E-state index is 10.5. The number of aliphatic hydroxyl groups is 1. The third-order valence-corrected chi connectivity index (χ3v) is 4.04. The summed E-state index contributed by atoms with van der Waals surface area (Å²) in [6, 6.07) is 1.91. The van der Waals surface area contributed by atoms with E-state index in [9.17, 15) is 5.11 Å². The highest BCUT2D eigenvalue weighted by Gasteiger charge is 2.16. The van der Waals surface area contributed by atoms with E-state index in [1.54, 1.807) is 11.3 Å². The molecule has 104 valence electrons. The van der Waals surface area contributed by atoms with E-state index in [2.05, 4.69) is 15.2 Å². The fourth-order valence-corrected chi connectivity index (χ4v) is 3.00. The number of thiazole rings is 1. The van der Waals surface area contributed by atoms with Gasteiger partial charge in [-0.2, -0.15) is 10.2 Å². The van der Waals surface area contributed by atoms with Crippen molar-refractivity contribution in [1.29, 1.82) is 0 Å². The van der Waals surface area contributed by atoms with Crippen molar-refractivity contribution in [3.8, 4) is 0 Å². The molecule has 3 rings (SSSR count). The van der Waals surface area contributed by atoms with Crippen molar-refractivity contribution in [2.24, 2.45) is 0 Å². The molecule has 0 saturated heterocycles. The van der Waals surface area contributed by atoms with Gasteiger partial charge in [-0.15, -0.1) is 11.3 Å². The SMILES string of the molecule is CCc1nnc(C)cc1C(O)Cc1cn2ccsc2n1. The molecule has 0 radical (unpaired) electrons. The highest BCUT2D eigenvalue weighted by molar-refractivity contribution is 7.15. The molecule has 0 aliphatic rings. The zero-order valence-corrected chi connectivity index (χ0v) is 12.3. The van der Waals surface area contributed by atoms with Gasteiger partial charge in [-0.3, -0.25) is 4.40 Å². The second-order valence-electron chi connectivity index (χ2n) is 4.79. The van der Waals surface area contributed by atoms with Gasteiger partial charge in [0.1, 0.15) is 0 Å². The van der Waals surface area contributed by atoms with Gasteiger partial charge in [0.15, 0.2) is 4.96 Å².